The van der Waals surface area contributed by atoms with E-state index in [9.17, 15) is 9.59 Å². The average molecular weight is 429 g/mol. The quantitative estimate of drug-likeness (QED) is 0.519. The van der Waals surface area contributed by atoms with Crippen molar-refractivity contribution in [2.75, 3.05) is 11.9 Å². The van der Waals surface area contributed by atoms with Crippen LogP contribution in [0, 0.1) is 6.92 Å². The molecule has 4 nitrogen and oxygen atoms in total. The second kappa shape index (κ2) is 9.23. The number of amides is 2. The van der Waals surface area contributed by atoms with Gasteiger partial charge in [-0.1, -0.05) is 78.8 Å². The number of rotatable bonds is 5. The third kappa shape index (κ3) is 5.06. The Morgan fingerprint density at radius 1 is 1.06 bits per heavy atom. The molecule has 156 valence electrons. The van der Waals surface area contributed by atoms with Gasteiger partial charge in [0.1, 0.15) is 0 Å². The van der Waals surface area contributed by atoms with Crippen LogP contribution in [0.4, 0.5) is 5.69 Å². The van der Waals surface area contributed by atoms with Crippen LogP contribution in [0.15, 0.2) is 82.6 Å². The molecule has 1 heterocycles. The van der Waals surface area contributed by atoms with Crippen molar-refractivity contribution in [1.82, 2.24) is 5.32 Å². The lowest BCUT2D eigenvalue weighted by Crippen LogP contribution is -2.28. The first-order chi connectivity index (χ1) is 15.0. The molecule has 2 N–H and O–H groups in total. The maximum absolute atomic E-state index is 12.6. The number of nitrogens with one attached hydrogen (secondary N) is 2. The topological polar surface area (TPSA) is 58.2 Å². The smallest absolute Gasteiger partial charge is 0.262 e. The second-order valence-corrected chi connectivity index (χ2v) is 8.80. The molecule has 1 atom stereocenters. The van der Waals surface area contributed by atoms with E-state index in [1.807, 2.05) is 61.5 Å². The van der Waals surface area contributed by atoms with Crippen LogP contribution in [-0.2, 0) is 4.79 Å². The van der Waals surface area contributed by atoms with Gasteiger partial charge in [-0.2, -0.15) is 0 Å². The summed E-state index contributed by atoms with van der Waals surface area (Å²) in [6.07, 6.45) is 1.89. The summed E-state index contributed by atoms with van der Waals surface area (Å²) in [6.45, 7) is 4.66. The van der Waals surface area contributed by atoms with Crippen molar-refractivity contribution in [1.29, 1.82) is 0 Å². The Bertz CT molecular complexity index is 1160. The van der Waals surface area contributed by atoms with Gasteiger partial charge in [0.05, 0.1) is 10.6 Å². The predicted molar refractivity (Wildman–Crippen MR) is 127 cm³/mol. The Hall–Kier alpha value is -3.31. The van der Waals surface area contributed by atoms with E-state index in [2.05, 4.69) is 29.7 Å². The average Bonchev–Trinajstić information content (AvgIpc) is 2.78. The summed E-state index contributed by atoms with van der Waals surface area (Å²) in [5, 5.41) is 5.91. The second-order valence-electron chi connectivity index (χ2n) is 7.71. The zero-order valence-corrected chi connectivity index (χ0v) is 18.3. The Labute approximate surface area is 186 Å². The molecule has 3 aromatic carbocycles. The van der Waals surface area contributed by atoms with E-state index < -0.39 is 0 Å². The van der Waals surface area contributed by atoms with Crippen molar-refractivity contribution < 1.29 is 9.59 Å². The highest BCUT2D eigenvalue weighted by molar-refractivity contribution is 8.04. The summed E-state index contributed by atoms with van der Waals surface area (Å²) >= 11 is 1.42. The van der Waals surface area contributed by atoms with Gasteiger partial charge >= 0.3 is 0 Å². The summed E-state index contributed by atoms with van der Waals surface area (Å²) in [5.74, 6) is -0.0902. The van der Waals surface area contributed by atoms with E-state index in [1.54, 1.807) is 12.1 Å². The summed E-state index contributed by atoms with van der Waals surface area (Å²) < 4.78 is 0. The largest absolute Gasteiger partial charge is 0.351 e. The number of hydrogen-bond donors (Lipinski definition) is 2. The molecule has 0 spiro atoms. The highest BCUT2D eigenvalue weighted by Crippen LogP contribution is 2.39. The molecule has 0 saturated heterocycles. The lowest BCUT2D eigenvalue weighted by molar-refractivity contribution is -0.112. The number of hydrogen-bond acceptors (Lipinski definition) is 3. The fourth-order valence-electron chi connectivity index (χ4n) is 3.46. The summed E-state index contributed by atoms with van der Waals surface area (Å²) in [5.41, 5.74) is 4.52. The maximum atomic E-state index is 12.6. The van der Waals surface area contributed by atoms with Crippen molar-refractivity contribution in [3.63, 3.8) is 0 Å². The minimum atomic E-state index is -0.158. The monoisotopic (exact) mass is 428 g/mol. The van der Waals surface area contributed by atoms with Crippen LogP contribution in [-0.4, -0.2) is 18.4 Å². The van der Waals surface area contributed by atoms with Crippen molar-refractivity contribution in [2.24, 2.45) is 0 Å². The predicted octanol–water partition coefficient (Wildman–Crippen LogP) is 5.61. The van der Waals surface area contributed by atoms with E-state index in [-0.39, 0.29) is 17.7 Å². The molecule has 1 aliphatic rings. The highest BCUT2D eigenvalue weighted by atomic mass is 32.2. The van der Waals surface area contributed by atoms with Crippen LogP contribution < -0.4 is 10.6 Å². The number of thioether (sulfide) groups is 1. The summed E-state index contributed by atoms with van der Waals surface area (Å²) in [4.78, 5) is 26.8. The van der Waals surface area contributed by atoms with E-state index in [1.165, 1.54) is 17.3 Å². The molecule has 5 heteroatoms. The molecular formula is C26H24N2O2S. The molecule has 2 amide bonds. The standard InChI is InChI=1S/C26H24N2O2S/c1-17-7-6-8-19(13-17)14-24-26(30)28-22-15-21(11-12-23(22)31-24)25(29)27-16-18(2)20-9-4-3-5-10-20/h3-15,18H,16H2,1-2H3,(H,27,29)(H,28,30). The molecule has 4 rings (SSSR count). The van der Waals surface area contributed by atoms with Crippen molar-refractivity contribution >= 4 is 35.3 Å². The van der Waals surface area contributed by atoms with Gasteiger partial charge in [-0.3, -0.25) is 9.59 Å². The van der Waals surface area contributed by atoms with Crippen LogP contribution in [0.3, 0.4) is 0 Å². The molecule has 0 aromatic heterocycles. The summed E-state index contributed by atoms with van der Waals surface area (Å²) in [7, 11) is 0. The SMILES string of the molecule is Cc1cccc(C=C2Sc3ccc(C(=O)NCC(C)c4ccccc4)cc3NC2=O)c1. The zero-order valence-electron chi connectivity index (χ0n) is 17.5. The van der Waals surface area contributed by atoms with Crippen molar-refractivity contribution in [2.45, 2.75) is 24.7 Å². The summed E-state index contributed by atoms with van der Waals surface area (Å²) in [6, 6.07) is 23.6. The third-order valence-electron chi connectivity index (χ3n) is 5.21. The maximum Gasteiger partial charge on any atom is 0.262 e. The van der Waals surface area contributed by atoms with Crippen LogP contribution in [0.1, 0.15) is 39.9 Å². The van der Waals surface area contributed by atoms with Gasteiger partial charge in [-0.05, 0) is 48.2 Å². The van der Waals surface area contributed by atoms with E-state index >= 15 is 0 Å². The van der Waals surface area contributed by atoms with E-state index in [0.717, 1.165) is 16.0 Å². The fraction of sp³-hybridized carbons (Fsp3) is 0.154. The molecule has 0 radical (unpaired) electrons. The van der Waals surface area contributed by atoms with Gasteiger partial charge in [0.25, 0.3) is 11.8 Å². The number of anilines is 1. The highest BCUT2D eigenvalue weighted by Gasteiger charge is 2.22. The van der Waals surface area contributed by atoms with Crippen molar-refractivity contribution in [3.05, 3.63) is 100.0 Å². The van der Waals surface area contributed by atoms with Gasteiger partial charge in [0, 0.05) is 17.0 Å². The van der Waals surface area contributed by atoms with Gasteiger partial charge in [0.2, 0.25) is 0 Å². The fourth-order valence-corrected chi connectivity index (χ4v) is 4.39. The zero-order chi connectivity index (χ0) is 21.8. The Morgan fingerprint density at radius 3 is 2.65 bits per heavy atom. The molecule has 0 fully saturated rings. The van der Waals surface area contributed by atoms with Gasteiger partial charge in [0.15, 0.2) is 0 Å². The molecule has 31 heavy (non-hydrogen) atoms. The van der Waals surface area contributed by atoms with Crippen LogP contribution in [0.5, 0.6) is 0 Å². The number of fused-ring (bicyclic) bond motifs is 1. The molecule has 0 saturated carbocycles. The first-order valence-electron chi connectivity index (χ1n) is 10.2. The molecule has 0 bridgehead atoms. The van der Waals surface area contributed by atoms with E-state index in [0.29, 0.717) is 22.7 Å². The third-order valence-corrected chi connectivity index (χ3v) is 6.31. The normalized spacial score (nSPS) is 15.2. The van der Waals surface area contributed by atoms with Gasteiger partial charge in [-0.15, -0.1) is 0 Å². The molecule has 3 aromatic rings. The molecular weight excluding hydrogens is 404 g/mol. The number of carbonyl (C=O) groups is 2. The minimum absolute atomic E-state index is 0.147. The van der Waals surface area contributed by atoms with Crippen LogP contribution in [0.25, 0.3) is 6.08 Å². The van der Waals surface area contributed by atoms with Crippen LogP contribution >= 0.6 is 11.8 Å². The lowest BCUT2D eigenvalue weighted by Gasteiger charge is -2.20. The van der Waals surface area contributed by atoms with Gasteiger partial charge in [-0.25, -0.2) is 0 Å². The van der Waals surface area contributed by atoms with Crippen LogP contribution in [0.2, 0.25) is 0 Å². The molecule has 1 unspecified atom stereocenters. The first-order valence-corrected chi connectivity index (χ1v) is 11.1. The lowest BCUT2D eigenvalue weighted by atomic mass is 10.0. The molecule has 0 aliphatic carbocycles. The number of aryl methyl sites for hydroxylation is 1. The Balaban J connectivity index is 1.45. The van der Waals surface area contributed by atoms with E-state index in [4.69, 9.17) is 0 Å². The first kappa shape index (κ1) is 20.9. The Morgan fingerprint density at radius 2 is 1.87 bits per heavy atom. The number of benzene rings is 3. The van der Waals surface area contributed by atoms with Crippen molar-refractivity contribution in [3.8, 4) is 0 Å². The number of carbonyl (C=O) groups excluding carboxylic acids is 2. The Kier molecular flexibility index (Phi) is 6.23. The molecule has 1 aliphatic heterocycles. The minimum Gasteiger partial charge on any atom is -0.351 e. The van der Waals surface area contributed by atoms with Gasteiger partial charge < -0.3 is 10.6 Å².